The Hall–Kier alpha value is -1.85. The lowest BCUT2D eigenvalue weighted by Gasteiger charge is -2.38. The smallest absolute Gasteiger partial charge is 0.257 e. The number of rotatable bonds is 1. The van der Waals surface area contributed by atoms with Crippen LogP contribution in [-0.2, 0) is 4.79 Å². The van der Waals surface area contributed by atoms with Gasteiger partial charge in [-0.2, -0.15) is 5.10 Å². The lowest BCUT2D eigenvalue weighted by molar-refractivity contribution is -0.119. The van der Waals surface area contributed by atoms with Crippen molar-refractivity contribution in [2.24, 2.45) is 5.41 Å². The summed E-state index contributed by atoms with van der Waals surface area (Å²) in [6.07, 6.45) is 3.99. The molecule has 1 aromatic heterocycles. The summed E-state index contributed by atoms with van der Waals surface area (Å²) < 4.78 is 0. The Morgan fingerprint density at radius 2 is 2.16 bits per heavy atom. The number of aryl methyl sites for hydroxylation is 1. The van der Waals surface area contributed by atoms with Gasteiger partial charge in [-0.25, -0.2) is 0 Å². The van der Waals surface area contributed by atoms with Crippen molar-refractivity contribution >= 4 is 11.8 Å². The normalized spacial score (nSPS) is 21.7. The van der Waals surface area contributed by atoms with Crippen LogP contribution in [0, 0.1) is 12.3 Å². The van der Waals surface area contributed by atoms with Crippen LogP contribution in [0.2, 0.25) is 0 Å². The molecule has 0 radical (unpaired) electrons. The molecule has 0 saturated carbocycles. The summed E-state index contributed by atoms with van der Waals surface area (Å²) >= 11 is 0. The maximum absolute atomic E-state index is 12.3. The van der Waals surface area contributed by atoms with E-state index in [0.29, 0.717) is 12.0 Å². The zero-order chi connectivity index (χ0) is 13.5. The number of amides is 2. The molecule has 0 atom stereocenters. The number of likely N-dealkylation sites (tertiary alicyclic amines) is 1. The first-order valence-corrected chi connectivity index (χ1v) is 6.66. The van der Waals surface area contributed by atoms with Gasteiger partial charge < -0.3 is 10.2 Å². The van der Waals surface area contributed by atoms with E-state index in [4.69, 9.17) is 0 Å². The number of aromatic nitrogens is 2. The second kappa shape index (κ2) is 4.36. The number of carbonyl (C=O) groups excluding carboxylic acids is 2. The zero-order valence-electron chi connectivity index (χ0n) is 11.0. The van der Waals surface area contributed by atoms with Gasteiger partial charge in [0, 0.05) is 31.7 Å². The fourth-order valence-electron chi connectivity index (χ4n) is 3.03. The fraction of sp³-hybridized carbons (Fsp3) is 0.615. The molecule has 6 heteroatoms. The molecule has 2 fully saturated rings. The fourth-order valence-corrected chi connectivity index (χ4v) is 3.03. The minimum absolute atomic E-state index is 0.0402. The Labute approximate surface area is 111 Å². The third-order valence-corrected chi connectivity index (χ3v) is 4.37. The van der Waals surface area contributed by atoms with Crippen molar-refractivity contribution in [3.05, 3.63) is 17.5 Å². The van der Waals surface area contributed by atoms with Crippen LogP contribution in [0.4, 0.5) is 0 Å². The van der Waals surface area contributed by atoms with Crippen molar-refractivity contribution in [3.63, 3.8) is 0 Å². The number of piperidine rings is 1. The molecule has 0 bridgehead atoms. The summed E-state index contributed by atoms with van der Waals surface area (Å²) in [5, 5.41) is 9.59. The van der Waals surface area contributed by atoms with Gasteiger partial charge in [-0.05, 0) is 25.2 Å². The molecule has 2 aliphatic rings. The topological polar surface area (TPSA) is 78.1 Å². The maximum atomic E-state index is 12.3. The second-order valence-electron chi connectivity index (χ2n) is 5.65. The average molecular weight is 262 g/mol. The summed E-state index contributed by atoms with van der Waals surface area (Å²) in [5.74, 6) is 0.184. The molecule has 1 aromatic rings. The molecule has 2 amide bonds. The number of carbonyl (C=O) groups is 2. The largest absolute Gasteiger partial charge is 0.356 e. The van der Waals surface area contributed by atoms with Crippen LogP contribution < -0.4 is 5.32 Å². The highest BCUT2D eigenvalue weighted by atomic mass is 16.2. The zero-order valence-corrected chi connectivity index (χ0v) is 11.0. The van der Waals surface area contributed by atoms with E-state index in [1.165, 1.54) is 0 Å². The van der Waals surface area contributed by atoms with E-state index in [9.17, 15) is 9.59 Å². The van der Waals surface area contributed by atoms with E-state index in [-0.39, 0.29) is 17.2 Å². The standard InChI is InChI=1S/C13H18N4O2/c1-9-10(7-15-16-9)12(19)17-4-2-13(3-5-17)6-11(18)14-8-13/h7H,2-6,8H2,1H3,(H,14,18)(H,15,16). The minimum Gasteiger partial charge on any atom is -0.356 e. The maximum Gasteiger partial charge on any atom is 0.257 e. The molecule has 0 aromatic carbocycles. The Kier molecular flexibility index (Phi) is 2.80. The monoisotopic (exact) mass is 262 g/mol. The Morgan fingerprint density at radius 1 is 1.42 bits per heavy atom. The predicted molar refractivity (Wildman–Crippen MR) is 68.5 cm³/mol. The van der Waals surface area contributed by atoms with E-state index in [1.807, 2.05) is 11.8 Å². The van der Waals surface area contributed by atoms with Gasteiger partial charge in [0.2, 0.25) is 5.91 Å². The molecule has 2 N–H and O–H groups in total. The van der Waals surface area contributed by atoms with E-state index in [1.54, 1.807) is 6.20 Å². The van der Waals surface area contributed by atoms with Gasteiger partial charge in [0.15, 0.2) is 0 Å². The van der Waals surface area contributed by atoms with Crippen LogP contribution >= 0.6 is 0 Å². The highest BCUT2D eigenvalue weighted by Crippen LogP contribution is 2.37. The molecule has 102 valence electrons. The Balaban J connectivity index is 1.66. The van der Waals surface area contributed by atoms with E-state index in [2.05, 4.69) is 15.5 Å². The predicted octanol–water partition coefficient (Wildman–Crippen LogP) is 0.460. The molecule has 3 rings (SSSR count). The highest BCUT2D eigenvalue weighted by Gasteiger charge is 2.41. The molecule has 0 aliphatic carbocycles. The van der Waals surface area contributed by atoms with Gasteiger partial charge in [0.05, 0.1) is 11.8 Å². The Bertz CT molecular complexity index is 514. The van der Waals surface area contributed by atoms with Crippen molar-refractivity contribution < 1.29 is 9.59 Å². The molecular formula is C13H18N4O2. The highest BCUT2D eigenvalue weighted by molar-refractivity contribution is 5.95. The van der Waals surface area contributed by atoms with Crippen LogP contribution in [0.5, 0.6) is 0 Å². The number of nitrogens with one attached hydrogen (secondary N) is 2. The first-order valence-electron chi connectivity index (χ1n) is 6.66. The number of H-pyrrole nitrogens is 1. The third-order valence-electron chi connectivity index (χ3n) is 4.37. The minimum atomic E-state index is 0.0402. The van der Waals surface area contributed by atoms with Crippen molar-refractivity contribution in [2.45, 2.75) is 26.2 Å². The number of nitrogens with zero attached hydrogens (tertiary/aromatic N) is 2. The molecule has 6 nitrogen and oxygen atoms in total. The second-order valence-corrected chi connectivity index (χ2v) is 5.65. The molecule has 1 spiro atoms. The van der Waals surface area contributed by atoms with Crippen molar-refractivity contribution in [1.29, 1.82) is 0 Å². The summed E-state index contributed by atoms with van der Waals surface area (Å²) in [6.45, 7) is 4.06. The van der Waals surface area contributed by atoms with Crippen LogP contribution in [0.1, 0.15) is 35.3 Å². The molecule has 2 saturated heterocycles. The van der Waals surface area contributed by atoms with Gasteiger partial charge in [0.1, 0.15) is 0 Å². The quantitative estimate of drug-likeness (QED) is 0.772. The van der Waals surface area contributed by atoms with Gasteiger partial charge in [0.25, 0.3) is 5.91 Å². The Morgan fingerprint density at radius 3 is 2.68 bits per heavy atom. The molecule has 2 aliphatic heterocycles. The van der Waals surface area contributed by atoms with Crippen molar-refractivity contribution in [1.82, 2.24) is 20.4 Å². The van der Waals surface area contributed by atoms with Gasteiger partial charge in [-0.3, -0.25) is 14.7 Å². The first kappa shape index (κ1) is 12.2. The van der Waals surface area contributed by atoms with E-state index in [0.717, 1.165) is 38.2 Å². The number of aromatic amines is 1. The van der Waals surface area contributed by atoms with Crippen LogP contribution in [0.3, 0.4) is 0 Å². The average Bonchev–Trinajstić information content (AvgIpc) is 2.97. The van der Waals surface area contributed by atoms with Gasteiger partial charge in [-0.15, -0.1) is 0 Å². The molecule has 19 heavy (non-hydrogen) atoms. The molecule has 3 heterocycles. The summed E-state index contributed by atoms with van der Waals surface area (Å²) in [6, 6.07) is 0. The third kappa shape index (κ3) is 2.11. The summed E-state index contributed by atoms with van der Waals surface area (Å²) in [4.78, 5) is 25.6. The molecule has 0 unspecified atom stereocenters. The van der Waals surface area contributed by atoms with Crippen molar-refractivity contribution in [3.8, 4) is 0 Å². The lowest BCUT2D eigenvalue weighted by atomic mass is 9.77. The summed E-state index contributed by atoms with van der Waals surface area (Å²) in [5.41, 5.74) is 1.54. The number of hydrogen-bond donors (Lipinski definition) is 2. The van der Waals surface area contributed by atoms with Crippen molar-refractivity contribution in [2.75, 3.05) is 19.6 Å². The van der Waals surface area contributed by atoms with Crippen LogP contribution in [0.25, 0.3) is 0 Å². The SMILES string of the molecule is Cc1[nH]ncc1C(=O)N1CCC2(CC1)CNC(=O)C2. The summed E-state index contributed by atoms with van der Waals surface area (Å²) in [7, 11) is 0. The number of hydrogen-bond acceptors (Lipinski definition) is 3. The van der Waals surface area contributed by atoms with Gasteiger partial charge >= 0.3 is 0 Å². The van der Waals surface area contributed by atoms with Crippen LogP contribution in [-0.4, -0.2) is 46.5 Å². The lowest BCUT2D eigenvalue weighted by Crippen LogP contribution is -2.44. The van der Waals surface area contributed by atoms with E-state index < -0.39 is 0 Å². The molecular weight excluding hydrogens is 244 g/mol. The van der Waals surface area contributed by atoms with Gasteiger partial charge in [-0.1, -0.05) is 0 Å². The van der Waals surface area contributed by atoms with Crippen LogP contribution in [0.15, 0.2) is 6.20 Å². The van der Waals surface area contributed by atoms with E-state index >= 15 is 0 Å². The first-order chi connectivity index (χ1) is 9.10.